The summed E-state index contributed by atoms with van der Waals surface area (Å²) in [5, 5.41) is 0. The van der Waals surface area contributed by atoms with E-state index in [-0.39, 0.29) is 5.82 Å². The van der Waals surface area contributed by atoms with Crippen LogP contribution in [0.5, 0.6) is 0 Å². The molecule has 0 spiro atoms. The Morgan fingerprint density at radius 3 is 2.33 bits per heavy atom. The van der Waals surface area contributed by atoms with Gasteiger partial charge in [-0.25, -0.2) is 4.39 Å². The topological polar surface area (TPSA) is 18.5 Å². The Labute approximate surface area is 111 Å². The molecule has 0 heterocycles. The normalized spacial score (nSPS) is 11.1. The third-order valence-electron chi connectivity index (χ3n) is 2.44. The van der Waals surface area contributed by atoms with Crippen molar-refractivity contribution < 1.29 is 13.2 Å². The van der Waals surface area contributed by atoms with Gasteiger partial charge >= 0.3 is 9.28 Å². The molecule has 0 atom stereocenters. The van der Waals surface area contributed by atoms with Crippen LogP contribution in [0.25, 0.3) is 0 Å². The van der Waals surface area contributed by atoms with Crippen molar-refractivity contribution in [3.05, 3.63) is 35.6 Å². The van der Waals surface area contributed by atoms with Crippen LogP contribution in [0, 0.1) is 5.82 Å². The molecule has 0 fully saturated rings. The van der Waals surface area contributed by atoms with Gasteiger partial charge in [0.05, 0.1) is 0 Å². The minimum atomic E-state index is -1.20. The smallest absolute Gasteiger partial charge is 0.384 e. The fourth-order valence-electron chi connectivity index (χ4n) is 1.56. The Kier molecular flexibility index (Phi) is 7.88. The number of aryl methyl sites for hydroxylation is 1. The van der Waals surface area contributed by atoms with E-state index < -0.39 is 9.28 Å². The molecule has 0 amide bonds. The predicted molar refractivity (Wildman–Crippen MR) is 73.2 cm³/mol. The van der Waals surface area contributed by atoms with Gasteiger partial charge in [0.25, 0.3) is 0 Å². The molecule has 0 bridgehead atoms. The molecule has 1 radical (unpaired) electrons. The molecule has 0 saturated carbocycles. The van der Waals surface area contributed by atoms with Crippen LogP contribution in [0.15, 0.2) is 24.3 Å². The van der Waals surface area contributed by atoms with E-state index in [2.05, 4.69) is 13.8 Å². The van der Waals surface area contributed by atoms with Crippen molar-refractivity contribution in [2.75, 3.05) is 13.2 Å². The lowest BCUT2D eigenvalue weighted by Crippen LogP contribution is -2.24. The summed E-state index contributed by atoms with van der Waals surface area (Å²) in [4.78, 5) is 0. The third kappa shape index (κ3) is 6.28. The molecule has 101 valence electrons. The van der Waals surface area contributed by atoms with Crippen LogP contribution < -0.4 is 0 Å². The predicted octanol–water partition coefficient (Wildman–Crippen LogP) is 3.71. The average Bonchev–Trinajstić information content (AvgIpc) is 2.38. The molecule has 0 aromatic heterocycles. The van der Waals surface area contributed by atoms with E-state index in [0.717, 1.165) is 44.1 Å². The first-order valence-electron chi connectivity index (χ1n) is 6.62. The zero-order valence-corrected chi connectivity index (χ0v) is 12.2. The summed E-state index contributed by atoms with van der Waals surface area (Å²) in [6.07, 6.45) is 2.83. The van der Waals surface area contributed by atoms with Crippen LogP contribution in [0.2, 0.25) is 6.04 Å². The van der Waals surface area contributed by atoms with Crippen LogP contribution in [0.1, 0.15) is 32.3 Å². The highest BCUT2D eigenvalue weighted by Gasteiger charge is 2.15. The monoisotopic (exact) mass is 269 g/mol. The Morgan fingerprint density at radius 1 is 1.11 bits per heavy atom. The molecule has 0 saturated heterocycles. The summed E-state index contributed by atoms with van der Waals surface area (Å²) in [6.45, 7) is 5.68. The standard InChI is InChI=1S/C14H22FO2Si/c1-3-9-16-18(17-10-4-2)11-8-13-6-5-7-14(15)12-13/h5-7,12H,3-4,8-11H2,1-2H3. The lowest BCUT2D eigenvalue weighted by molar-refractivity contribution is 0.196. The van der Waals surface area contributed by atoms with Gasteiger partial charge in [-0.3, -0.25) is 0 Å². The van der Waals surface area contributed by atoms with Crippen LogP contribution >= 0.6 is 0 Å². The Morgan fingerprint density at radius 2 is 1.78 bits per heavy atom. The minimum Gasteiger partial charge on any atom is -0.393 e. The van der Waals surface area contributed by atoms with Crippen molar-refractivity contribution >= 4 is 9.28 Å². The molecule has 18 heavy (non-hydrogen) atoms. The lowest BCUT2D eigenvalue weighted by atomic mass is 10.2. The molecule has 1 aromatic rings. The maximum atomic E-state index is 13.0. The molecular weight excluding hydrogens is 247 g/mol. The first-order valence-corrected chi connectivity index (χ1v) is 8.14. The fraction of sp³-hybridized carbons (Fsp3) is 0.571. The number of rotatable bonds is 9. The summed E-state index contributed by atoms with van der Waals surface area (Å²) in [6, 6.07) is 7.61. The summed E-state index contributed by atoms with van der Waals surface area (Å²) < 4.78 is 24.5. The second-order valence-corrected chi connectivity index (χ2v) is 6.02. The highest BCUT2D eigenvalue weighted by Crippen LogP contribution is 2.10. The first kappa shape index (κ1) is 15.3. The zero-order valence-electron chi connectivity index (χ0n) is 11.2. The van der Waals surface area contributed by atoms with E-state index in [9.17, 15) is 4.39 Å². The van der Waals surface area contributed by atoms with Crippen LogP contribution in [-0.2, 0) is 15.3 Å². The van der Waals surface area contributed by atoms with E-state index in [1.54, 1.807) is 12.1 Å². The van der Waals surface area contributed by atoms with E-state index in [4.69, 9.17) is 8.85 Å². The number of hydrogen-bond acceptors (Lipinski definition) is 2. The molecule has 4 heteroatoms. The number of benzene rings is 1. The van der Waals surface area contributed by atoms with E-state index >= 15 is 0 Å². The minimum absolute atomic E-state index is 0.176. The zero-order chi connectivity index (χ0) is 13.2. The number of hydrogen-bond donors (Lipinski definition) is 0. The molecule has 2 nitrogen and oxygen atoms in total. The van der Waals surface area contributed by atoms with Gasteiger partial charge in [0.15, 0.2) is 0 Å². The van der Waals surface area contributed by atoms with E-state index in [1.165, 1.54) is 6.07 Å². The molecular formula is C14H22FO2Si. The highest BCUT2D eigenvalue weighted by molar-refractivity contribution is 6.44. The highest BCUT2D eigenvalue weighted by atomic mass is 28.3. The molecule has 0 aliphatic heterocycles. The van der Waals surface area contributed by atoms with E-state index in [1.807, 2.05) is 6.07 Å². The summed E-state index contributed by atoms with van der Waals surface area (Å²) in [7, 11) is -1.20. The van der Waals surface area contributed by atoms with Gasteiger partial charge in [-0.2, -0.15) is 0 Å². The summed E-state index contributed by atoms with van der Waals surface area (Å²) in [5.74, 6) is -0.176. The quantitative estimate of drug-likeness (QED) is 0.636. The average molecular weight is 269 g/mol. The van der Waals surface area contributed by atoms with Gasteiger partial charge in [0.2, 0.25) is 0 Å². The third-order valence-corrected chi connectivity index (χ3v) is 4.15. The van der Waals surface area contributed by atoms with Gasteiger partial charge in [-0.1, -0.05) is 26.0 Å². The van der Waals surface area contributed by atoms with Gasteiger partial charge in [-0.05, 0) is 43.0 Å². The second kappa shape index (κ2) is 9.25. The number of halogens is 1. The van der Waals surface area contributed by atoms with Crippen molar-refractivity contribution in [2.45, 2.75) is 39.2 Å². The molecule has 0 aliphatic carbocycles. The Bertz CT molecular complexity index is 325. The van der Waals surface area contributed by atoms with Crippen molar-refractivity contribution in [3.8, 4) is 0 Å². The van der Waals surface area contributed by atoms with Gasteiger partial charge in [0, 0.05) is 13.2 Å². The first-order chi connectivity index (χ1) is 8.76. The van der Waals surface area contributed by atoms with Crippen LogP contribution in [0.4, 0.5) is 4.39 Å². The van der Waals surface area contributed by atoms with Crippen molar-refractivity contribution in [1.29, 1.82) is 0 Å². The van der Waals surface area contributed by atoms with Gasteiger partial charge in [-0.15, -0.1) is 0 Å². The fourth-order valence-corrected chi connectivity index (χ4v) is 3.29. The van der Waals surface area contributed by atoms with Crippen molar-refractivity contribution in [2.24, 2.45) is 0 Å². The molecule has 0 N–H and O–H groups in total. The van der Waals surface area contributed by atoms with E-state index in [0.29, 0.717) is 0 Å². The van der Waals surface area contributed by atoms with Crippen LogP contribution in [-0.4, -0.2) is 22.5 Å². The lowest BCUT2D eigenvalue weighted by Gasteiger charge is -2.14. The maximum Gasteiger partial charge on any atom is 0.384 e. The molecule has 0 unspecified atom stereocenters. The van der Waals surface area contributed by atoms with Crippen LogP contribution in [0.3, 0.4) is 0 Å². The Balaban J connectivity index is 2.39. The maximum absolute atomic E-state index is 13.0. The summed E-state index contributed by atoms with van der Waals surface area (Å²) in [5.41, 5.74) is 1.01. The second-order valence-electron chi connectivity index (χ2n) is 4.20. The molecule has 1 rings (SSSR count). The van der Waals surface area contributed by atoms with Crippen molar-refractivity contribution in [1.82, 2.24) is 0 Å². The molecule has 1 aromatic carbocycles. The van der Waals surface area contributed by atoms with Gasteiger partial charge in [0.1, 0.15) is 5.82 Å². The Hall–Kier alpha value is -0.713. The van der Waals surface area contributed by atoms with Crippen molar-refractivity contribution in [3.63, 3.8) is 0 Å². The largest absolute Gasteiger partial charge is 0.393 e. The summed E-state index contributed by atoms with van der Waals surface area (Å²) >= 11 is 0. The SMILES string of the molecule is CCCO[Si](CCc1cccc(F)c1)OCCC. The molecule has 0 aliphatic rings. The van der Waals surface area contributed by atoms with Gasteiger partial charge < -0.3 is 8.85 Å².